The molecule has 1 fully saturated rings. The molecule has 4 heteroatoms. The summed E-state index contributed by atoms with van der Waals surface area (Å²) in [5.41, 5.74) is 0. The summed E-state index contributed by atoms with van der Waals surface area (Å²) in [6, 6.07) is 0. The molecule has 1 saturated heterocycles. The molecule has 25 heavy (non-hydrogen) atoms. The van der Waals surface area contributed by atoms with Gasteiger partial charge in [-0.2, -0.15) is 0 Å². The lowest BCUT2D eigenvalue weighted by Gasteiger charge is -2.02. The van der Waals surface area contributed by atoms with Gasteiger partial charge in [-0.25, -0.2) is 0 Å². The van der Waals surface area contributed by atoms with E-state index in [4.69, 9.17) is 14.6 Å². The van der Waals surface area contributed by atoms with Crippen molar-refractivity contribution in [2.24, 2.45) is 0 Å². The van der Waals surface area contributed by atoms with Gasteiger partial charge < -0.3 is 14.6 Å². The largest absolute Gasteiger partial charge is 0.433 e. The van der Waals surface area contributed by atoms with Gasteiger partial charge in [-0.15, -0.1) is 0 Å². The van der Waals surface area contributed by atoms with Gasteiger partial charge in [-0.3, -0.25) is 4.79 Å². The van der Waals surface area contributed by atoms with Crippen molar-refractivity contribution in [2.75, 3.05) is 6.61 Å². The van der Waals surface area contributed by atoms with Crippen LogP contribution in [0.3, 0.4) is 0 Å². The number of epoxide rings is 1. The molecular formula is C21H36O4. The van der Waals surface area contributed by atoms with Crippen LogP contribution in [0.5, 0.6) is 0 Å². The van der Waals surface area contributed by atoms with Crippen LogP contribution in [0.25, 0.3) is 0 Å². The van der Waals surface area contributed by atoms with Gasteiger partial charge in [0.2, 0.25) is 6.29 Å². The van der Waals surface area contributed by atoms with Crippen molar-refractivity contribution in [2.45, 2.75) is 96.4 Å². The van der Waals surface area contributed by atoms with Crippen LogP contribution in [0.2, 0.25) is 0 Å². The number of carbonyl (C=O) groups is 1. The molecule has 1 rings (SSSR count). The lowest BCUT2D eigenvalue weighted by molar-refractivity contribution is -0.148. The number of carbonyl (C=O) groups excluding carboxylic acids is 1. The summed E-state index contributed by atoms with van der Waals surface area (Å²) in [5, 5.41) is 8.78. The number of aliphatic hydroxyl groups excluding tert-OH is 1. The molecule has 1 aliphatic heterocycles. The van der Waals surface area contributed by atoms with E-state index in [-0.39, 0.29) is 18.7 Å². The number of hydrogen-bond acceptors (Lipinski definition) is 4. The smallest absolute Gasteiger partial charge is 0.308 e. The number of ether oxygens (including phenoxy) is 2. The molecule has 0 aliphatic carbocycles. The number of allylic oxidation sites excluding steroid dienone is 4. The summed E-state index contributed by atoms with van der Waals surface area (Å²) in [6.07, 6.45) is 21.6. The SMILES string of the molecule is CCCCC/C=C\C/C=C\CCCCCCCC(=O)OC1OC1CO. The van der Waals surface area contributed by atoms with Crippen LogP contribution in [0.1, 0.15) is 84.0 Å². The van der Waals surface area contributed by atoms with E-state index < -0.39 is 6.29 Å². The van der Waals surface area contributed by atoms with Crippen molar-refractivity contribution in [3.05, 3.63) is 24.3 Å². The molecular weight excluding hydrogens is 316 g/mol. The van der Waals surface area contributed by atoms with Crippen molar-refractivity contribution in [3.63, 3.8) is 0 Å². The molecule has 0 bridgehead atoms. The van der Waals surface area contributed by atoms with Gasteiger partial charge in [0.05, 0.1) is 6.61 Å². The van der Waals surface area contributed by atoms with E-state index >= 15 is 0 Å². The molecule has 2 unspecified atom stereocenters. The minimum Gasteiger partial charge on any atom is -0.433 e. The van der Waals surface area contributed by atoms with Gasteiger partial charge in [0, 0.05) is 6.42 Å². The Morgan fingerprint density at radius 3 is 2.24 bits per heavy atom. The second-order valence-electron chi connectivity index (χ2n) is 6.70. The normalized spacial score (nSPS) is 19.8. The van der Waals surface area contributed by atoms with E-state index in [9.17, 15) is 4.79 Å². The summed E-state index contributed by atoms with van der Waals surface area (Å²) in [5.74, 6) is -0.216. The van der Waals surface area contributed by atoms with Crippen molar-refractivity contribution in [1.82, 2.24) is 0 Å². The first kappa shape index (κ1) is 21.9. The second-order valence-corrected chi connectivity index (χ2v) is 6.70. The highest BCUT2D eigenvalue weighted by atomic mass is 16.8. The third kappa shape index (κ3) is 12.8. The van der Waals surface area contributed by atoms with E-state index in [2.05, 4.69) is 31.2 Å². The molecule has 2 atom stereocenters. The molecule has 4 nitrogen and oxygen atoms in total. The predicted octanol–water partition coefficient (Wildman–Crippen LogP) is 5.06. The number of unbranched alkanes of at least 4 members (excludes halogenated alkanes) is 8. The zero-order valence-corrected chi connectivity index (χ0v) is 15.8. The average molecular weight is 353 g/mol. The minimum atomic E-state index is -0.504. The first-order chi connectivity index (χ1) is 12.3. The Morgan fingerprint density at radius 2 is 1.60 bits per heavy atom. The Balaban J connectivity index is 1.79. The van der Waals surface area contributed by atoms with Crippen LogP contribution < -0.4 is 0 Å². The Morgan fingerprint density at radius 1 is 0.960 bits per heavy atom. The number of rotatable bonds is 16. The second kappa shape index (κ2) is 15.2. The topological polar surface area (TPSA) is 59.1 Å². The highest BCUT2D eigenvalue weighted by molar-refractivity contribution is 5.69. The maximum atomic E-state index is 11.5. The maximum absolute atomic E-state index is 11.5. The summed E-state index contributed by atoms with van der Waals surface area (Å²) >= 11 is 0. The van der Waals surface area contributed by atoms with Gasteiger partial charge >= 0.3 is 5.97 Å². The molecule has 1 N–H and O–H groups in total. The molecule has 0 spiro atoms. The number of esters is 1. The Hall–Kier alpha value is -1.13. The van der Waals surface area contributed by atoms with Crippen LogP contribution in [-0.4, -0.2) is 30.1 Å². The van der Waals surface area contributed by atoms with E-state index in [0.29, 0.717) is 6.42 Å². The van der Waals surface area contributed by atoms with Gasteiger partial charge in [0.15, 0.2) is 0 Å². The van der Waals surface area contributed by atoms with E-state index in [1.54, 1.807) is 0 Å². The summed E-state index contributed by atoms with van der Waals surface area (Å²) in [7, 11) is 0. The third-order valence-electron chi connectivity index (χ3n) is 4.29. The van der Waals surface area contributed by atoms with E-state index in [1.165, 1.54) is 38.5 Å². The van der Waals surface area contributed by atoms with Gasteiger partial charge in [-0.1, -0.05) is 63.3 Å². The summed E-state index contributed by atoms with van der Waals surface area (Å²) in [6.45, 7) is 2.15. The molecule has 0 radical (unpaired) electrons. The number of hydrogen-bond donors (Lipinski definition) is 1. The molecule has 0 aromatic rings. The zero-order chi connectivity index (χ0) is 18.2. The number of aliphatic hydroxyl groups is 1. The summed E-state index contributed by atoms with van der Waals surface area (Å²) < 4.78 is 10.0. The quantitative estimate of drug-likeness (QED) is 0.182. The Kier molecular flexibility index (Phi) is 13.3. The zero-order valence-electron chi connectivity index (χ0n) is 15.8. The molecule has 1 aliphatic rings. The van der Waals surface area contributed by atoms with Crippen LogP contribution in [0.4, 0.5) is 0 Å². The standard InChI is InChI=1S/C21H36O4/c1-2-3-4-5-6-7-8-9-10-11-12-13-14-15-16-17-20(23)25-21-19(18-22)24-21/h6-7,9-10,19,21-22H,2-5,8,11-18H2,1H3/b7-6-,10-9-. The van der Waals surface area contributed by atoms with Gasteiger partial charge in [0.1, 0.15) is 6.10 Å². The highest BCUT2D eigenvalue weighted by Crippen LogP contribution is 2.23. The van der Waals surface area contributed by atoms with Gasteiger partial charge in [-0.05, 0) is 38.5 Å². The van der Waals surface area contributed by atoms with E-state index in [1.807, 2.05) is 0 Å². The third-order valence-corrected chi connectivity index (χ3v) is 4.29. The molecule has 0 amide bonds. The van der Waals surface area contributed by atoms with Crippen LogP contribution >= 0.6 is 0 Å². The van der Waals surface area contributed by atoms with Gasteiger partial charge in [0.25, 0.3) is 0 Å². The first-order valence-electron chi connectivity index (χ1n) is 10.0. The minimum absolute atomic E-state index is 0.0817. The maximum Gasteiger partial charge on any atom is 0.308 e. The molecule has 0 saturated carbocycles. The highest BCUT2D eigenvalue weighted by Gasteiger charge is 2.41. The lowest BCUT2D eigenvalue weighted by atomic mass is 10.1. The van der Waals surface area contributed by atoms with Crippen molar-refractivity contribution in [3.8, 4) is 0 Å². The van der Waals surface area contributed by atoms with Crippen LogP contribution in [-0.2, 0) is 14.3 Å². The monoisotopic (exact) mass is 352 g/mol. The first-order valence-corrected chi connectivity index (χ1v) is 10.0. The fraction of sp³-hybridized carbons (Fsp3) is 0.762. The molecule has 144 valence electrons. The van der Waals surface area contributed by atoms with Crippen LogP contribution in [0, 0.1) is 0 Å². The predicted molar refractivity (Wildman–Crippen MR) is 101 cm³/mol. The van der Waals surface area contributed by atoms with Crippen molar-refractivity contribution in [1.29, 1.82) is 0 Å². The molecule has 1 heterocycles. The molecule has 0 aromatic heterocycles. The Labute approximate surface area is 153 Å². The fourth-order valence-corrected chi connectivity index (χ4v) is 2.63. The van der Waals surface area contributed by atoms with E-state index in [0.717, 1.165) is 32.1 Å². The van der Waals surface area contributed by atoms with Crippen molar-refractivity contribution >= 4 is 5.97 Å². The lowest BCUT2D eigenvalue weighted by Crippen LogP contribution is -2.10. The Bertz CT molecular complexity index is 389. The summed E-state index contributed by atoms with van der Waals surface area (Å²) in [4.78, 5) is 11.5. The van der Waals surface area contributed by atoms with Crippen molar-refractivity contribution < 1.29 is 19.4 Å². The average Bonchev–Trinajstić information content (AvgIpc) is 3.36. The fourth-order valence-electron chi connectivity index (χ4n) is 2.63. The molecule has 0 aromatic carbocycles. The van der Waals surface area contributed by atoms with Crippen LogP contribution in [0.15, 0.2) is 24.3 Å².